The van der Waals surface area contributed by atoms with Gasteiger partial charge >= 0.3 is 0 Å². The van der Waals surface area contributed by atoms with Gasteiger partial charge in [0.05, 0.1) is 34.3 Å². The zero-order valence-electron chi connectivity index (χ0n) is 43.6. The van der Waals surface area contributed by atoms with Crippen molar-refractivity contribution in [2.75, 3.05) is 56.6 Å². The summed E-state index contributed by atoms with van der Waals surface area (Å²) >= 11 is 0. The second-order valence-electron chi connectivity index (χ2n) is 22.1. The number of ether oxygens (including phenoxy) is 2. The van der Waals surface area contributed by atoms with E-state index in [1.807, 2.05) is 19.1 Å². The van der Waals surface area contributed by atoms with Crippen LogP contribution in [0.1, 0.15) is 124 Å². The molecule has 17 heteroatoms. The lowest BCUT2D eigenvalue weighted by atomic mass is 9.59. The van der Waals surface area contributed by atoms with E-state index in [1.165, 1.54) is 28.8 Å². The molecule has 1 amide bonds. The maximum Gasteiger partial charge on any atom is 0.293 e. The summed E-state index contributed by atoms with van der Waals surface area (Å²) in [6.07, 6.45) is 10.4. The average Bonchev–Trinajstić information content (AvgIpc) is 3.88. The van der Waals surface area contributed by atoms with Crippen LogP contribution < -0.4 is 24.4 Å². The number of nitro groups is 1. The normalized spacial score (nSPS) is 21.9. The van der Waals surface area contributed by atoms with Crippen LogP contribution in [-0.4, -0.2) is 102 Å². The van der Waals surface area contributed by atoms with E-state index in [1.54, 1.807) is 37.7 Å². The van der Waals surface area contributed by atoms with Crippen LogP contribution in [0.2, 0.25) is 0 Å². The Kier molecular flexibility index (Phi) is 14.7. The van der Waals surface area contributed by atoms with Crippen LogP contribution in [-0.2, 0) is 10.0 Å². The van der Waals surface area contributed by atoms with Gasteiger partial charge in [-0.2, -0.15) is 0 Å². The molecule has 2 saturated carbocycles. The van der Waals surface area contributed by atoms with Gasteiger partial charge < -0.3 is 29.8 Å². The summed E-state index contributed by atoms with van der Waals surface area (Å²) < 4.78 is 41.8. The molecule has 0 bridgehead atoms. The molecule has 396 valence electrons. The van der Waals surface area contributed by atoms with Gasteiger partial charge in [0.25, 0.3) is 21.6 Å². The number of carbonyl (C=O) groups excluding carboxylic acids is 1. The van der Waals surface area contributed by atoms with Crippen LogP contribution in [0.25, 0.3) is 11.0 Å². The van der Waals surface area contributed by atoms with Crippen molar-refractivity contribution in [1.82, 2.24) is 24.5 Å². The smallest absolute Gasteiger partial charge is 0.293 e. The molecular formula is C58H70N8O8S. The molecule has 0 radical (unpaired) electrons. The lowest BCUT2D eigenvalue weighted by Gasteiger charge is -2.58. The van der Waals surface area contributed by atoms with E-state index in [0.29, 0.717) is 42.7 Å². The van der Waals surface area contributed by atoms with Gasteiger partial charge in [-0.05, 0) is 148 Å². The van der Waals surface area contributed by atoms with Crippen LogP contribution in [0.4, 0.5) is 17.1 Å². The summed E-state index contributed by atoms with van der Waals surface area (Å²) in [5.74, 6) is 1.02. The fourth-order valence-electron chi connectivity index (χ4n) is 12.2. The number of nitro benzene ring substituents is 1. The van der Waals surface area contributed by atoms with E-state index in [4.69, 9.17) is 9.47 Å². The van der Waals surface area contributed by atoms with Crippen molar-refractivity contribution in [2.45, 2.75) is 114 Å². The van der Waals surface area contributed by atoms with Gasteiger partial charge in [0, 0.05) is 86.8 Å². The van der Waals surface area contributed by atoms with Crippen LogP contribution in [0.15, 0.2) is 114 Å². The first-order chi connectivity index (χ1) is 36.0. The van der Waals surface area contributed by atoms with Crippen LogP contribution in [0.3, 0.4) is 0 Å². The number of hydrogen-bond donors (Lipinski definition) is 4. The Morgan fingerprint density at radius 3 is 2.39 bits per heavy atom. The van der Waals surface area contributed by atoms with Crippen LogP contribution in [0.5, 0.6) is 17.2 Å². The molecule has 4 fully saturated rings. The summed E-state index contributed by atoms with van der Waals surface area (Å²) in [7, 11) is -2.89. The number of rotatable bonds is 16. The van der Waals surface area contributed by atoms with Crippen molar-refractivity contribution in [3.8, 4) is 17.2 Å². The van der Waals surface area contributed by atoms with Gasteiger partial charge in [-0.25, -0.2) is 18.1 Å². The van der Waals surface area contributed by atoms with Crippen LogP contribution in [0, 0.1) is 21.4 Å². The number of fused-ring (bicyclic) bond motifs is 1. The minimum Gasteiger partial charge on any atom is -0.497 e. The third-order valence-corrected chi connectivity index (χ3v) is 18.2. The van der Waals surface area contributed by atoms with Gasteiger partial charge in [-0.3, -0.25) is 24.7 Å². The predicted molar refractivity (Wildman–Crippen MR) is 291 cm³/mol. The highest BCUT2D eigenvalue weighted by Crippen LogP contribution is 2.54. The molecule has 2 aromatic heterocycles. The summed E-state index contributed by atoms with van der Waals surface area (Å²) in [4.78, 5) is 40.6. The molecule has 2 aliphatic carbocycles. The zero-order valence-corrected chi connectivity index (χ0v) is 44.4. The standard InChI is InChI=1S/C58H70N8O8S/c1-38(2)48-8-6-7-9-49(48)53-37-64(39(3)41-10-13-45(73-5)14-11-41)28-29-65(53)44-33-58(34-44)23-26-63(27-24-58)43-12-16-50(54(31-43)74-46-30-42-20-25-59-55(42)61-36-46)56(67)62-75(71,72)47-15-17-51(52(32-47)66(69)70)60-35-40-18-21-57(4,68)22-19-40/h6-17,20,25,30-32,36,38-40,44,53,60,68H,18-19,21-24,26-29,33-35,37H2,1-5H3,(H,59,61)(H,62,67)/t39?,40-,53?,57-. The molecule has 6 aromatic rings. The van der Waals surface area contributed by atoms with E-state index < -0.39 is 37.0 Å². The molecule has 75 heavy (non-hydrogen) atoms. The maximum absolute atomic E-state index is 14.1. The number of piperazine rings is 1. The molecule has 2 unspecified atom stereocenters. The number of hydrogen-bond acceptors (Lipinski definition) is 13. The van der Waals surface area contributed by atoms with E-state index >= 15 is 0 Å². The largest absolute Gasteiger partial charge is 0.497 e. The Balaban J connectivity index is 0.834. The van der Waals surface area contributed by atoms with E-state index in [9.17, 15) is 28.4 Å². The van der Waals surface area contributed by atoms with Crippen molar-refractivity contribution >= 4 is 44.0 Å². The monoisotopic (exact) mass is 1040 g/mol. The number of nitrogens with one attached hydrogen (secondary N) is 3. The number of H-pyrrole nitrogens is 1. The fraction of sp³-hybridized carbons (Fsp3) is 0.448. The van der Waals surface area contributed by atoms with Gasteiger partial charge in [-0.15, -0.1) is 0 Å². The lowest BCUT2D eigenvalue weighted by molar-refractivity contribution is -0.384. The molecule has 2 atom stereocenters. The number of amides is 1. The average molecular weight is 1040 g/mol. The second-order valence-corrected chi connectivity index (χ2v) is 23.8. The quantitative estimate of drug-likeness (QED) is 0.0529. The summed E-state index contributed by atoms with van der Waals surface area (Å²) in [5, 5.41) is 26.5. The Hall–Kier alpha value is -6.53. The molecule has 2 aliphatic heterocycles. The number of methoxy groups -OCH3 is 1. The molecule has 4 aromatic carbocycles. The van der Waals surface area contributed by atoms with Crippen LogP contribution >= 0.6 is 0 Å². The maximum atomic E-state index is 14.1. The van der Waals surface area contributed by atoms with Crippen molar-refractivity contribution in [1.29, 1.82) is 0 Å². The molecule has 16 nitrogen and oxygen atoms in total. The third-order valence-electron chi connectivity index (χ3n) is 16.9. The Morgan fingerprint density at radius 2 is 1.67 bits per heavy atom. The number of sulfonamides is 1. The Bertz CT molecular complexity index is 3140. The number of anilines is 2. The first kappa shape index (κ1) is 51.9. The van der Waals surface area contributed by atoms with Crippen molar-refractivity contribution in [2.24, 2.45) is 11.3 Å². The minimum absolute atomic E-state index is 0.0295. The number of carbonyl (C=O) groups is 1. The fourth-order valence-corrected chi connectivity index (χ4v) is 13.2. The molecule has 4 aliphatic rings. The van der Waals surface area contributed by atoms with Crippen molar-refractivity contribution < 1.29 is 32.7 Å². The molecule has 1 spiro atoms. The first-order valence-electron chi connectivity index (χ1n) is 26.5. The number of benzene rings is 4. The number of aliphatic hydroxyl groups is 1. The van der Waals surface area contributed by atoms with Gasteiger partial charge in [0.2, 0.25) is 0 Å². The van der Waals surface area contributed by atoms with Gasteiger partial charge in [0.1, 0.15) is 28.6 Å². The van der Waals surface area contributed by atoms with Gasteiger partial charge in [-0.1, -0.05) is 50.2 Å². The van der Waals surface area contributed by atoms with Crippen molar-refractivity contribution in [3.63, 3.8) is 0 Å². The highest BCUT2D eigenvalue weighted by molar-refractivity contribution is 7.90. The number of aromatic amines is 1. The first-order valence-corrected chi connectivity index (χ1v) is 28.0. The third kappa shape index (κ3) is 11.2. The Morgan fingerprint density at radius 1 is 0.920 bits per heavy atom. The van der Waals surface area contributed by atoms with E-state index in [-0.39, 0.29) is 40.4 Å². The number of pyridine rings is 1. The summed E-state index contributed by atoms with van der Waals surface area (Å²) in [6, 6.07) is 30.9. The molecular weight excluding hydrogens is 969 g/mol. The highest BCUT2D eigenvalue weighted by Gasteiger charge is 2.50. The molecule has 2 saturated heterocycles. The lowest BCUT2D eigenvalue weighted by Crippen LogP contribution is -2.60. The second kappa shape index (κ2) is 21.2. The molecule has 4 N–H and O–H groups in total. The molecule has 10 rings (SSSR count). The number of aromatic nitrogens is 2. The van der Waals surface area contributed by atoms with Gasteiger partial charge in [0.15, 0.2) is 0 Å². The topological polar surface area (TPSA) is 195 Å². The van der Waals surface area contributed by atoms with E-state index in [2.05, 4.69) is 104 Å². The number of piperidine rings is 1. The number of nitrogens with zero attached hydrogens (tertiary/aromatic N) is 5. The SMILES string of the molecule is COc1ccc(C(C)N2CCN(C3CC4(CCN(c5ccc(C(=O)NS(=O)(=O)c6ccc(NC[C@H]7CC[C@](C)(O)CC7)c([N+](=O)[O-])c6)c(Oc6cnc7[nH]ccc7c6)c5)CC4)C3)C(c3ccccc3C(C)C)C2)cc1. The summed E-state index contributed by atoms with van der Waals surface area (Å²) in [6.45, 7) is 13.7. The minimum atomic E-state index is -4.59. The zero-order chi connectivity index (χ0) is 52.6. The van der Waals surface area contributed by atoms with Crippen molar-refractivity contribution in [3.05, 3.63) is 142 Å². The summed E-state index contributed by atoms with van der Waals surface area (Å²) in [5.41, 5.74) is 4.86. The predicted octanol–water partition coefficient (Wildman–Crippen LogP) is 10.7. The Labute approximate surface area is 440 Å². The molecule has 4 heterocycles. The highest BCUT2D eigenvalue weighted by atomic mass is 32.2. The van der Waals surface area contributed by atoms with E-state index in [0.717, 1.165) is 94.1 Å².